The predicted molar refractivity (Wildman–Crippen MR) is 143 cm³/mol. The van der Waals surface area contributed by atoms with Crippen molar-refractivity contribution < 1.29 is 14.6 Å². The molecule has 36 heavy (non-hydrogen) atoms. The molecule has 2 aromatic heterocycles. The quantitative estimate of drug-likeness (QED) is 0.346. The number of carbonyl (C=O) groups is 1. The monoisotopic (exact) mass is 498 g/mol. The molecule has 0 amide bonds. The molecule has 2 atom stereocenters. The van der Waals surface area contributed by atoms with Gasteiger partial charge >= 0.3 is 5.97 Å². The Bertz CT molecular complexity index is 1450. The minimum atomic E-state index is -0.965. The van der Waals surface area contributed by atoms with E-state index in [1.807, 2.05) is 73.0 Å². The van der Waals surface area contributed by atoms with Gasteiger partial charge in [-0.3, -0.25) is 4.98 Å². The summed E-state index contributed by atoms with van der Waals surface area (Å²) in [5.74, 6) is -0.232. The van der Waals surface area contributed by atoms with Gasteiger partial charge in [0, 0.05) is 29.3 Å². The van der Waals surface area contributed by atoms with Crippen LogP contribution in [0.3, 0.4) is 0 Å². The third kappa shape index (κ3) is 3.99. The number of ether oxygens (including phenoxy) is 1. The first kappa shape index (κ1) is 23.6. The Morgan fingerprint density at radius 2 is 1.83 bits per heavy atom. The molecule has 1 saturated heterocycles. The first-order valence-corrected chi connectivity index (χ1v) is 12.0. The van der Waals surface area contributed by atoms with E-state index in [2.05, 4.69) is 21.3 Å². The number of hydrogen-bond acceptors (Lipinski definition) is 4. The molecule has 0 aliphatic carbocycles. The third-order valence-electron chi connectivity index (χ3n) is 6.59. The summed E-state index contributed by atoms with van der Waals surface area (Å²) in [5, 5.41) is 13.9. The molecule has 4 aromatic rings. The van der Waals surface area contributed by atoms with Crippen molar-refractivity contribution in [1.29, 1.82) is 0 Å². The highest BCUT2D eigenvalue weighted by Crippen LogP contribution is 2.44. The number of methoxy groups -OCH3 is 1. The molecule has 0 bridgehead atoms. The highest BCUT2D eigenvalue weighted by atomic mass is 32.1. The fourth-order valence-electron chi connectivity index (χ4n) is 5.02. The van der Waals surface area contributed by atoms with E-state index >= 15 is 0 Å². The second kappa shape index (κ2) is 9.47. The molecule has 7 nitrogen and oxygen atoms in total. The van der Waals surface area contributed by atoms with Crippen LogP contribution in [0.5, 0.6) is 5.75 Å². The zero-order valence-electron chi connectivity index (χ0n) is 20.2. The normalized spacial score (nSPS) is 17.2. The average molecular weight is 499 g/mol. The van der Waals surface area contributed by atoms with E-state index < -0.39 is 5.97 Å². The van der Waals surface area contributed by atoms with Crippen molar-refractivity contribution in [3.05, 3.63) is 107 Å². The number of para-hydroxylation sites is 1. The number of nitrogens with zero attached hydrogens (tertiary/aromatic N) is 3. The second-order valence-electron chi connectivity index (χ2n) is 8.68. The number of pyridine rings is 1. The number of benzene rings is 2. The standard InChI is InChI=1S/C28H26N4O3S/c1-17-15-22(18(2)31(17)24-13-5-4-11-21(24)27(33)34)26-25(23-12-6-7-14-29-23)30-28(36)32(26)19-9-8-10-20(16-19)35-3/h4-16,25-26H,1-3H3,(H,30,36)(H,33,34)/t25-,26-/m1/s1. The summed E-state index contributed by atoms with van der Waals surface area (Å²) < 4.78 is 7.48. The van der Waals surface area contributed by atoms with Gasteiger partial charge in [-0.1, -0.05) is 24.3 Å². The van der Waals surface area contributed by atoms with Crippen LogP contribution in [0.15, 0.2) is 79.0 Å². The third-order valence-corrected chi connectivity index (χ3v) is 6.91. The smallest absolute Gasteiger partial charge is 0.337 e. The SMILES string of the molecule is COc1cccc(N2C(=S)N[C@H](c3ccccn3)[C@H]2c2cc(C)n(-c3ccccc3C(=O)O)c2C)c1. The maximum absolute atomic E-state index is 12.0. The van der Waals surface area contributed by atoms with Crippen molar-refractivity contribution >= 4 is 29.0 Å². The van der Waals surface area contributed by atoms with Gasteiger partial charge in [0.1, 0.15) is 5.75 Å². The molecule has 2 N–H and O–H groups in total. The zero-order valence-corrected chi connectivity index (χ0v) is 21.0. The van der Waals surface area contributed by atoms with E-state index in [4.69, 9.17) is 17.0 Å². The lowest BCUT2D eigenvalue weighted by Crippen LogP contribution is -2.29. The van der Waals surface area contributed by atoms with Gasteiger partial charge in [0.15, 0.2) is 5.11 Å². The molecule has 5 rings (SSSR count). The Morgan fingerprint density at radius 1 is 1.06 bits per heavy atom. The molecule has 0 saturated carbocycles. The molecule has 2 aromatic carbocycles. The number of aromatic carboxylic acids is 1. The molecular weight excluding hydrogens is 472 g/mol. The highest BCUT2D eigenvalue weighted by molar-refractivity contribution is 7.80. The van der Waals surface area contributed by atoms with E-state index in [1.54, 1.807) is 25.4 Å². The van der Waals surface area contributed by atoms with Crippen molar-refractivity contribution in [1.82, 2.24) is 14.9 Å². The summed E-state index contributed by atoms with van der Waals surface area (Å²) >= 11 is 5.85. The maximum Gasteiger partial charge on any atom is 0.337 e. The Morgan fingerprint density at radius 3 is 2.56 bits per heavy atom. The summed E-state index contributed by atoms with van der Waals surface area (Å²) in [6, 6.07) is 22.4. The summed E-state index contributed by atoms with van der Waals surface area (Å²) in [4.78, 5) is 18.7. The van der Waals surface area contributed by atoms with Crippen molar-refractivity contribution in [2.24, 2.45) is 0 Å². The Labute approximate surface area is 215 Å². The zero-order chi connectivity index (χ0) is 25.4. The van der Waals surface area contributed by atoms with E-state index in [0.717, 1.165) is 34.1 Å². The summed E-state index contributed by atoms with van der Waals surface area (Å²) in [6.45, 7) is 4.00. The molecule has 1 aliphatic rings. The molecule has 0 radical (unpaired) electrons. The van der Waals surface area contributed by atoms with Gasteiger partial charge < -0.3 is 24.6 Å². The lowest BCUT2D eigenvalue weighted by molar-refractivity contribution is 0.0697. The molecular formula is C28H26N4O3S. The largest absolute Gasteiger partial charge is 0.497 e. The van der Waals surface area contributed by atoms with E-state index in [-0.39, 0.29) is 17.6 Å². The Hall–Kier alpha value is -4.17. The lowest BCUT2D eigenvalue weighted by atomic mass is 9.96. The van der Waals surface area contributed by atoms with E-state index in [1.165, 1.54) is 0 Å². The number of rotatable bonds is 6. The number of hydrogen-bond donors (Lipinski definition) is 2. The second-order valence-corrected chi connectivity index (χ2v) is 9.07. The Kier molecular flexibility index (Phi) is 6.20. The predicted octanol–water partition coefficient (Wildman–Crippen LogP) is 5.37. The Balaban J connectivity index is 1.71. The van der Waals surface area contributed by atoms with Crippen molar-refractivity contribution in [3.8, 4) is 11.4 Å². The van der Waals surface area contributed by atoms with Crippen molar-refractivity contribution in [2.45, 2.75) is 25.9 Å². The number of aryl methyl sites for hydroxylation is 1. The minimum absolute atomic E-state index is 0.214. The molecule has 3 heterocycles. The van der Waals surface area contributed by atoms with Crippen LogP contribution < -0.4 is 15.0 Å². The van der Waals surface area contributed by atoms with Crippen LogP contribution in [-0.2, 0) is 0 Å². The number of carboxylic acid groups (broad SMARTS) is 1. The molecule has 182 valence electrons. The van der Waals surface area contributed by atoms with Gasteiger partial charge in [-0.2, -0.15) is 0 Å². The number of nitrogens with one attached hydrogen (secondary N) is 1. The van der Waals surface area contributed by atoms with Crippen LogP contribution in [0.2, 0.25) is 0 Å². The fraction of sp³-hybridized carbons (Fsp3) is 0.179. The van der Waals surface area contributed by atoms with E-state index in [9.17, 15) is 9.90 Å². The minimum Gasteiger partial charge on any atom is -0.497 e. The van der Waals surface area contributed by atoms with Gasteiger partial charge in [-0.15, -0.1) is 0 Å². The lowest BCUT2D eigenvalue weighted by Gasteiger charge is -2.28. The molecule has 1 fully saturated rings. The van der Waals surface area contributed by atoms with Gasteiger partial charge in [-0.05, 0) is 74.1 Å². The van der Waals surface area contributed by atoms with Crippen LogP contribution in [0, 0.1) is 13.8 Å². The first-order valence-electron chi connectivity index (χ1n) is 11.6. The molecule has 1 aliphatic heterocycles. The van der Waals surface area contributed by atoms with Crippen LogP contribution in [0.1, 0.15) is 45.1 Å². The number of anilines is 1. The molecule has 0 spiro atoms. The summed E-state index contributed by atoms with van der Waals surface area (Å²) in [7, 11) is 1.64. The van der Waals surface area contributed by atoms with Gasteiger partial charge in [-0.25, -0.2) is 4.79 Å². The van der Waals surface area contributed by atoms with E-state index in [0.29, 0.717) is 10.8 Å². The fourth-order valence-corrected chi connectivity index (χ4v) is 5.36. The van der Waals surface area contributed by atoms with Crippen LogP contribution in [0.25, 0.3) is 5.69 Å². The number of aromatic nitrogens is 2. The molecule has 8 heteroatoms. The van der Waals surface area contributed by atoms with Gasteiger partial charge in [0.05, 0.1) is 36.1 Å². The summed E-state index contributed by atoms with van der Waals surface area (Å²) in [5.41, 5.74) is 5.53. The van der Waals surface area contributed by atoms with Crippen LogP contribution in [0.4, 0.5) is 5.69 Å². The van der Waals surface area contributed by atoms with Crippen LogP contribution >= 0.6 is 12.2 Å². The van der Waals surface area contributed by atoms with Crippen LogP contribution in [-0.4, -0.2) is 32.8 Å². The van der Waals surface area contributed by atoms with Gasteiger partial charge in [0.2, 0.25) is 0 Å². The van der Waals surface area contributed by atoms with Crippen molar-refractivity contribution in [3.63, 3.8) is 0 Å². The highest BCUT2D eigenvalue weighted by Gasteiger charge is 2.42. The van der Waals surface area contributed by atoms with Crippen molar-refractivity contribution in [2.75, 3.05) is 12.0 Å². The maximum atomic E-state index is 12.0. The number of thiocarbonyl (C=S) groups is 1. The topological polar surface area (TPSA) is 79.6 Å². The molecule has 0 unspecified atom stereocenters. The first-order chi connectivity index (χ1) is 17.4. The van der Waals surface area contributed by atoms with Gasteiger partial charge in [0.25, 0.3) is 0 Å². The summed E-state index contributed by atoms with van der Waals surface area (Å²) in [6.07, 6.45) is 1.78. The number of carboxylic acids is 1. The average Bonchev–Trinajstić information content (AvgIpc) is 3.39.